The van der Waals surface area contributed by atoms with Crippen molar-refractivity contribution in [3.8, 4) is 5.75 Å². The molecular formula is C23H19ClN2O3. The van der Waals surface area contributed by atoms with E-state index in [0.29, 0.717) is 47.0 Å². The molecule has 0 unspecified atom stereocenters. The number of ether oxygens (including phenoxy) is 1. The van der Waals surface area contributed by atoms with Gasteiger partial charge in [-0.2, -0.15) is 0 Å². The first-order chi connectivity index (χ1) is 14.1. The Morgan fingerprint density at radius 3 is 2.48 bits per heavy atom. The van der Waals surface area contributed by atoms with E-state index in [1.54, 1.807) is 53.6 Å². The minimum absolute atomic E-state index is 0.157. The summed E-state index contributed by atoms with van der Waals surface area (Å²) in [5.41, 5.74) is 1.37. The van der Waals surface area contributed by atoms with Gasteiger partial charge < -0.3 is 9.64 Å². The summed E-state index contributed by atoms with van der Waals surface area (Å²) in [4.78, 5) is 31.7. The Morgan fingerprint density at radius 2 is 1.72 bits per heavy atom. The first-order valence-corrected chi connectivity index (χ1v) is 9.75. The van der Waals surface area contributed by atoms with Crippen LogP contribution >= 0.6 is 11.6 Å². The summed E-state index contributed by atoms with van der Waals surface area (Å²) in [5.74, 6) is 0.225. The molecular weight excluding hydrogens is 388 g/mol. The third-order valence-electron chi connectivity index (χ3n) is 4.90. The van der Waals surface area contributed by atoms with Crippen LogP contribution in [0, 0.1) is 0 Å². The average Bonchev–Trinajstić information content (AvgIpc) is 3.23. The van der Waals surface area contributed by atoms with E-state index in [2.05, 4.69) is 4.98 Å². The van der Waals surface area contributed by atoms with E-state index < -0.39 is 0 Å². The number of likely N-dealkylation sites (tertiary alicyclic amines) is 1. The van der Waals surface area contributed by atoms with Crippen LogP contribution in [0.1, 0.15) is 32.7 Å². The molecule has 0 aliphatic carbocycles. The second-order valence-electron chi connectivity index (χ2n) is 6.83. The molecule has 1 saturated heterocycles. The third-order valence-corrected chi connectivity index (χ3v) is 5.18. The summed E-state index contributed by atoms with van der Waals surface area (Å²) in [7, 11) is 0. The average molecular weight is 407 g/mol. The monoisotopic (exact) mass is 406 g/mol. The minimum Gasteiger partial charge on any atom is -0.487 e. The molecule has 5 nitrogen and oxygen atoms in total. The van der Waals surface area contributed by atoms with E-state index in [9.17, 15) is 9.59 Å². The summed E-state index contributed by atoms with van der Waals surface area (Å²) < 4.78 is 5.94. The molecule has 1 amide bonds. The van der Waals surface area contributed by atoms with Gasteiger partial charge in [0.25, 0.3) is 5.91 Å². The predicted octanol–water partition coefficient (Wildman–Crippen LogP) is 4.26. The van der Waals surface area contributed by atoms with E-state index in [4.69, 9.17) is 16.3 Å². The summed E-state index contributed by atoms with van der Waals surface area (Å²) in [6.45, 7) is 0.991. The molecule has 4 rings (SSSR count). The van der Waals surface area contributed by atoms with Crippen LogP contribution in [0.5, 0.6) is 5.75 Å². The maximum atomic E-state index is 13.2. The number of halogens is 1. The highest BCUT2D eigenvalue weighted by Crippen LogP contribution is 2.26. The van der Waals surface area contributed by atoms with Crippen molar-refractivity contribution in [1.29, 1.82) is 0 Å². The van der Waals surface area contributed by atoms with E-state index >= 15 is 0 Å². The second kappa shape index (κ2) is 8.45. The van der Waals surface area contributed by atoms with Crippen molar-refractivity contribution in [2.24, 2.45) is 0 Å². The lowest BCUT2D eigenvalue weighted by atomic mass is 9.97. The van der Waals surface area contributed by atoms with Gasteiger partial charge in [-0.1, -0.05) is 60.1 Å². The summed E-state index contributed by atoms with van der Waals surface area (Å²) in [5, 5.41) is 0.441. The predicted molar refractivity (Wildman–Crippen MR) is 111 cm³/mol. The molecule has 0 spiro atoms. The second-order valence-corrected chi connectivity index (χ2v) is 7.23. The molecule has 1 aliphatic rings. The van der Waals surface area contributed by atoms with E-state index in [1.807, 2.05) is 18.2 Å². The fraction of sp³-hybridized carbons (Fsp3) is 0.174. The normalized spacial score (nSPS) is 15.9. The number of ketones is 1. The number of carbonyl (C=O) groups excluding carboxylic acids is 2. The van der Waals surface area contributed by atoms with Gasteiger partial charge in [0.1, 0.15) is 16.9 Å². The van der Waals surface area contributed by atoms with Crippen molar-refractivity contribution in [3.63, 3.8) is 0 Å². The van der Waals surface area contributed by atoms with Gasteiger partial charge in [0.2, 0.25) is 0 Å². The Morgan fingerprint density at radius 1 is 1.00 bits per heavy atom. The topological polar surface area (TPSA) is 59.5 Å². The molecule has 146 valence electrons. The molecule has 2 heterocycles. The first-order valence-electron chi connectivity index (χ1n) is 9.37. The Kier molecular flexibility index (Phi) is 5.58. The Hall–Kier alpha value is -3.18. The molecule has 2 aromatic carbocycles. The molecule has 6 heteroatoms. The highest BCUT2D eigenvalue weighted by Gasteiger charge is 2.30. The van der Waals surface area contributed by atoms with E-state index in [-0.39, 0.29) is 17.8 Å². The van der Waals surface area contributed by atoms with Gasteiger partial charge in [0.05, 0.1) is 12.1 Å². The van der Waals surface area contributed by atoms with Crippen LogP contribution in [0.3, 0.4) is 0 Å². The Bertz CT molecular complexity index is 1040. The van der Waals surface area contributed by atoms with Gasteiger partial charge in [0, 0.05) is 42.6 Å². The minimum atomic E-state index is -0.170. The molecule has 0 N–H and O–H groups in total. The fourth-order valence-corrected chi connectivity index (χ4v) is 3.59. The van der Waals surface area contributed by atoms with Crippen LogP contribution in [0.15, 0.2) is 73.1 Å². The van der Waals surface area contributed by atoms with Gasteiger partial charge in [-0.15, -0.1) is 0 Å². The standard InChI is InChI=1S/C23H19ClN2O3/c24-20-14-25-12-10-21(20)29-17-11-13-26(15-17)23(28)19-9-5-4-8-18(19)22(27)16-6-2-1-3-7-16/h1-10,12,14,17H,11,13,15H2/t17-/m0/s1. The van der Waals surface area contributed by atoms with Crippen LogP contribution in [0.2, 0.25) is 5.02 Å². The molecule has 1 aromatic heterocycles. The van der Waals surface area contributed by atoms with Crippen molar-refractivity contribution >= 4 is 23.3 Å². The van der Waals surface area contributed by atoms with Crippen molar-refractivity contribution in [2.75, 3.05) is 13.1 Å². The number of aromatic nitrogens is 1. The van der Waals surface area contributed by atoms with Crippen molar-refractivity contribution in [2.45, 2.75) is 12.5 Å². The number of pyridine rings is 1. The SMILES string of the molecule is O=C(c1ccccc1)c1ccccc1C(=O)N1CC[C@H](Oc2ccncc2Cl)C1. The summed E-state index contributed by atoms with van der Waals surface area (Å²) in [6, 6.07) is 17.6. The fourth-order valence-electron chi connectivity index (χ4n) is 3.43. The van der Waals surface area contributed by atoms with Gasteiger partial charge in [-0.05, 0) is 6.07 Å². The van der Waals surface area contributed by atoms with Gasteiger partial charge in [0.15, 0.2) is 5.78 Å². The highest BCUT2D eigenvalue weighted by atomic mass is 35.5. The smallest absolute Gasteiger partial charge is 0.254 e. The molecule has 0 saturated carbocycles. The van der Waals surface area contributed by atoms with Crippen LogP contribution < -0.4 is 4.74 Å². The Labute approximate surface area is 173 Å². The quantitative estimate of drug-likeness (QED) is 0.594. The maximum absolute atomic E-state index is 13.2. The zero-order chi connectivity index (χ0) is 20.2. The van der Waals surface area contributed by atoms with Crippen molar-refractivity contribution in [3.05, 3.63) is 94.8 Å². The lowest BCUT2D eigenvalue weighted by molar-refractivity contribution is 0.0768. The lowest BCUT2D eigenvalue weighted by Crippen LogP contribution is -2.32. The number of rotatable bonds is 5. The van der Waals surface area contributed by atoms with Crippen molar-refractivity contribution < 1.29 is 14.3 Å². The number of hydrogen-bond donors (Lipinski definition) is 0. The zero-order valence-corrected chi connectivity index (χ0v) is 16.4. The van der Waals surface area contributed by atoms with E-state index in [1.165, 1.54) is 6.20 Å². The molecule has 1 atom stereocenters. The first kappa shape index (κ1) is 19.2. The third kappa shape index (κ3) is 4.15. The lowest BCUT2D eigenvalue weighted by Gasteiger charge is -2.19. The maximum Gasteiger partial charge on any atom is 0.254 e. The number of benzene rings is 2. The molecule has 0 bridgehead atoms. The van der Waals surface area contributed by atoms with Gasteiger partial charge in [-0.3, -0.25) is 14.6 Å². The largest absolute Gasteiger partial charge is 0.487 e. The number of nitrogens with zero attached hydrogens (tertiary/aromatic N) is 2. The number of hydrogen-bond acceptors (Lipinski definition) is 4. The van der Waals surface area contributed by atoms with Crippen molar-refractivity contribution in [1.82, 2.24) is 9.88 Å². The van der Waals surface area contributed by atoms with Crippen LogP contribution in [0.4, 0.5) is 0 Å². The molecule has 1 fully saturated rings. The zero-order valence-electron chi connectivity index (χ0n) is 15.6. The van der Waals surface area contributed by atoms with Crippen LogP contribution in [0.25, 0.3) is 0 Å². The molecule has 3 aromatic rings. The Balaban J connectivity index is 1.51. The highest BCUT2D eigenvalue weighted by molar-refractivity contribution is 6.31. The number of carbonyl (C=O) groups is 2. The summed E-state index contributed by atoms with van der Waals surface area (Å²) in [6.07, 6.45) is 3.68. The molecule has 29 heavy (non-hydrogen) atoms. The molecule has 0 radical (unpaired) electrons. The molecule has 1 aliphatic heterocycles. The van der Waals surface area contributed by atoms with Crippen LogP contribution in [-0.4, -0.2) is 40.8 Å². The van der Waals surface area contributed by atoms with Crippen LogP contribution in [-0.2, 0) is 0 Å². The van der Waals surface area contributed by atoms with Gasteiger partial charge >= 0.3 is 0 Å². The summed E-state index contributed by atoms with van der Waals surface area (Å²) >= 11 is 6.11. The van der Waals surface area contributed by atoms with E-state index in [0.717, 1.165) is 0 Å². The van der Waals surface area contributed by atoms with Gasteiger partial charge in [-0.25, -0.2) is 0 Å². The number of amides is 1.